The number of piperidine rings is 2. The molecule has 1 unspecified atom stereocenters. The molecule has 0 radical (unpaired) electrons. The lowest BCUT2D eigenvalue weighted by molar-refractivity contribution is -0.139. The highest BCUT2D eigenvalue weighted by Gasteiger charge is 2.41. The van der Waals surface area contributed by atoms with Crippen LogP contribution >= 0.6 is 0 Å². The van der Waals surface area contributed by atoms with E-state index >= 15 is 0 Å². The van der Waals surface area contributed by atoms with Gasteiger partial charge in [0.2, 0.25) is 5.91 Å². The van der Waals surface area contributed by atoms with Gasteiger partial charge in [0.25, 0.3) is 0 Å². The number of carbonyl (C=O) groups is 1. The fourth-order valence-corrected chi connectivity index (χ4v) is 4.48. The van der Waals surface area contributed by atoms with Gasteiger partial charge in [-0.3, -0.25) is 14.7 Å². The van der Waals surface area contributed by atoms with Crippen molar-refractivity contribution in [1.82, 2.24) is 24.8 Å². The number of pyridine rings is 1. The summed E-state index contributed by atoms with van der Waals surface area (Å²) in [4.78, 5) is 28.7. The molecule has 1 spiro atoms. The number of aromatic amines is 1. The fourth-order valence-electron chi connectivity index (χ4n) is 4.48. The van der Waals surface area contributed by atoms with Crippen LogP contribution in [0.2, 0.25) is 0 Å². The minimum atomic E-state index is 0.245. The van der Waals surface area contributed by atoms with E-state index in [9.17, 15) is 4.79 Å². The van der Waals surface area contributed by atoms with E-state index in [1.807, 2.05) is 18.5 Å². The number of nitrogens with zero attached hydrogens (tertiary/aromatic N) is 4. The third-order valence-electron chi connectivity index (χ3n) is 5.81. The Balaban J connectivity index is 1.39. The minimum Gasteiger partial charge on any atom is -0.348 e. The molecule has 2 aromatic rings. The Bertz CT molecular complexity index is 717. The molecule has 0 aromatic carbocycles. The van der Waals surface area contributed by atoms with E-state index in [2.05, 4.69) is 36.9 Å². The molecule has 0 aliphatic carbocycles. The van der Waals surface area contributed by atoms with Gasteiger partial charge in [0.15, 0.2) is 0 Å². The quantitative estimate of drug-likeness (QED) is 0.895. The second kappa shape index (κ2) is 7.58. The number of hydrogen-bond donors (Lipinski definition) is 1. The number of nitrogens with one attached hydrogen (secondary N) is 1. The molecule has 0 bridgehead atoms. The average molecular weight is 353 g/mol. The molecule has 26 heavy (non-hydrogen) atoms. The molecule has 1 amide bonds. The van der Waals surface area contributed by atoms with Crippen molar-refractivity contribution >= 4 is 5.91 Å². The summed E-state index contributed by atoms with van der Waals surface area (Å²) in [7, 11) is 0. The average Bonchev–Trinajstić information content (AvgIpc) is 3.17. The second-order valence-corrected chi connectivity index (χ2v) is 7.78. The maximum Gasteiger partial charge on any atom is 0.222 e. The number of aromatic nitrogens is 3. The number of rotatable bonds is 5. The Morgan fingerprint density at radius 3 is 3.00 bits per heavy atom. The van der Waals surface area contributed by atoms with Crippen molar-refractivity contribution in [2.45, 2.75) is 38.6 Å². The predicted octanol–water partition coefficient (Wildman–Crippen LogP) is 2.25. The molecule has 0 saturated carbocycles. The van der Waals surface area contributed by atoms with Crippen molar-refractivity contribution in [1.29, 1.82) is 0 Å². The standard InChI is InChI=1S/C20H27N5O/c26-19-5-8-20(15-25(19)11-6-17-12-21-16-23-17)7-3-10-24(14-20)13-18-4-1-2-9-22-18/h1-2,4,9,12,16H,3,5-8,10-11,13-15H2,(H,21,23). The van der Waals surface area contributed by atoms with Crippen LogP contribution in [0.4, 0.5) is 0 Å². The van der Waals surface area contributed by atoms with Crippen molar-refractivity contribution < 1.29 is 4.79 Å². The van der Waals surface area contributed by atoms with Gasteiger partial charge < -0.3 is 9.88 Å². The second-order valence-electron chi connectivity index (χ2n) is 7.78. The first-order valence-electron chi connectivity index (χ1n) is 9.60. The van der Waals surface area contributed by atoms with E-state index < -0.39 is 0 Å². The van der Waals surface area contributed by atoms with Gasteiger partial charge in [0.05, 0.1) is 12.0 Å². The minimum absolute atomic E-state index is 0.245. The van der Waals surface area contributed by atoms with Crippen LogP contribution in [0.5, 0.6) is 0 Å². The van der Waals surface area contributed by atoms with Crippen LogP contribution in [0.25, 0.3) is 0 Å². The summed E-state index contributed by atoms with van der Waals surface area (Å²) in [6.45, 7) is 4.77. The molecule has 2 aliphatic rings. The summed E-state index contributed by atoms with van der Waals surface area (Å²) in [6, 6.07) is 6.12. The molecular weight excluding hydrogens is 326 g/mol. The highest BCUT2D eigenvalue weighted by molar-refractivity contribution is 5.77. The summed E-state index contributed by atoms with van der Waals surface area (Å²) in [6.07, 6.45) is 10.4. The van der Waals surface area contributed by atoms with E-state index in [-0.39, 0.29) is 5.41 Å². The van der Waals surface area contributed by atoms with Crippen molar-refractivity contribution in [3.05, 3.63) is 48.3 Å². The van der Waals surface area contributed by atoms with Gasteiger partial charge in [-0.2, -0.15) is 0 Å². The Labute approximate surface area is 154 Å². The van der Waals surface area contributed by atoms with Gasteiger partial charge in [-0.1, -0.05) is 6.07 Å². The van der Waals surface area contributed by atoms with Gasteiger partial charge in [-0.25, -0.2) is 4.98 Å². The van der Waals surface area contributed by atoms with Gasteiger partial charge >= 0.3 is 0 Å². The van der Waals surface area contributed by atoms with Gasteiger partial charge in [0, 0.05) is 62.5 Å². The Kier molecular flexibility index (Phi) is 5.02. The number of imidazole rings is 1. The van der Waals surface area contributed by atoms with Crippen LogP contribution in [0.3, 0.4) is 0 Å². The maximum atomic E-state index is 12.4. The molecule has 138 valence electrons. The molecule has 2 aliphatic heterocycles. The SMILES string of the molecule is O=C1CCC2(CCCN(Cc3ccccn3)C2)CN1CCc1cnc[nH]1. The number of H-pyrrole nitrogens is 1. The first kappa shape index (κ1) is 17.2. The fraction of sp³-hybridized carbons (Fsp3) is 0.550. The summed E-state index contributed by atoms with van der Waals surface area (Å²) >= 11 is 0. The van der Waals surface area contributed by atoms with Gasteiger partial charge in [-0.15, -0.1) is 0 Å². The van der Waals surface area contributed by atoms with Crippen molar-refractivity contribution in [2.24, 2.45) is 5.41 Å². The van der Waals surface area contributed by atoms with Crippen molar-refractivity contribution in [3.8, 4) is 0 Å². The Hall–Kier alpha value is -2.21. The van der Waals surface area contributed by atoms with Gasteiger partial charge in [-0.05, 0) is 37.9 Å². The van der Waals surface area contributed by atoms with Crippen LogP contribution in [-0.4, -0.2) is 56.8 Å². The number of carbonyl (C=O) groups excluding carboxylic acids is 1. The largest absolute Gasteiger partial charge is 0.348 e. The third-order valence-corrected chi connectivity index (χ3v) is 5.81. The first-order chi connectivity index (χ1) is 12.7. The van der Waals surface area contributed by atoms with E-state index in [1.54, 1.807) is 6.33 Å². The van der Waals surface area contributed by atoms with Crippen LogP contribution < -0.4 is 0 Å². The van der Waals surface area contributed by atoms with E-state index in [0.29, 0.717) is 12.3 Å². The lowest BCUT2D eigenvalue weighted by Crippen LogP contribution is -2.54. The lowest BCUT2D eigenvalue weighted by Gasteiger charge is -2.48. The molecule has 2 fully saturated rings. The van der Waals surface area contributed by atoms with E-state index in [1.165, 1.54) is 12.8 Å². The molecule has 2 aromatic heterocycles. The normalized spacial score (nSPS) is 24.3. The van der Waals surface area contributed by atoms with Crippen molar-refractivity contribution in [2.75, 3.05) is 26.2 Å². The molecule has 2 saturated heterocycles. The van der Waals surface area contributed by atoms with Crippen LogP contribution in [0, 0.1) is 5.41 Å². The highest BCUT2D eigenvalue weighted by atomic mass is 16.2. The van der Waals surface area contributed by atoms with E-state index in [4.69, 9.17) is 0 Å². The number of amides is 1. The van der Waals surface area contributed by atoms with Crippen LogP contribution in [0.15, 0.2) is 36.9 Å². The summed E-state index contributed by atoms with van der Waals surface area (Å²) in [5.74, 6) is 0.303. The topological polar surface area (TPSA) is 65.1 Å². The smallest absolute Gasteiger partial charge is 0.222 e. The zero-order valence-corrected chi connectivity index (χ0v) is 15.2. The first-order valence-corrected chi connectivity index (χ1v) is 9.60. The molecule has 1 atom stereocenters. The number of hydrogen-bond acceptors (Lipinski definition) is 4. The zero-order chi connectivity index (χ0) is 17.8. The highest BCUT2D eigenvalue weighted by Crippen LogP contribution is 2.39. The lowest BCUT2D eigenvalue weighted by atomic mass is 9.73. The molecule has 6 heteroatoms. The van der Waals surface area contributed by atoms with Crippen LogP contribution in [0.1, 0.15) is 37.1 Å². The molecule has 4 rings (SSSR count). The summed E-state index contributed by atoms with van der Waals surface area (Å²) in [5.41, 5.74) is 2.47. The molecule has 6 nitrogen and oxygen atoms in total. The van der Waals surface area contributed by atoms with Crippen LogP contribution in [-0.2, 0) is 17.8 Å². The molecule has 4 heterocycles. The van der Waals surface area contributed by atoms with Gasteiger partial charge in [0.1, 0.15) is 0 Å². The zero-order valence-electron chi connectivity index (χ0n) is 15.2. The Morgan fingerprint density at radius 2 is 2.19 bits per heavy atom. The molecule has 1 N–H and O–H groups in total. The third kappa shape index (κ3) is 3.96. The Morgan fingerprint density at radius 1 is 1.23 bits per heavy atom. The molecular formula is C20H27N5O. The van der Waals surface area contributed by atoms with E-state index in [0.717, 1.165) is 57.0 Å². The maximum absolute atomic E-state index is 12.4. The summed E-state index contributed by atoms with van der Waals surface area (Å²) < 4.78 is 0. The summed E-state index contributed by atoms with van der Waals surface area (Å²) in [5, 5.41) is 0. The predicted molar refractivity (Wildman–Crippen MR) is 99.3 cm³/mol. The number of likely N-dealkylation sites (tertiary alicyclic amines) is 2. The monoisotopic (exact) mass is 353 g/mol. The van der Waals surface area contributed by atoms with Crippen molar-refractivity contribution in [3.63, 3.8) is 0 Å².